The summed E-state index contributed by atoms with van der Waals surface area (Å²) in [6.07, 6.45) is 0.861. The van der Waals surface area contributed by atoms with E-state index in [4.69, 9.17) is 0 Å². The minimum atomic E-state index is -2.74. The zero-order chi connectivity index (χ0) is 14.9. The second kappa shape index (κ2) is 6.36. The van der Waals surface area contributed by atoms with Crippen LogP contribution in [0.2, 0.25) is 0 Å². The summed E-state index contributed by atoms with van der Waals surface area (Å²) < 4.78 is 24.3. The van der Waals surface area contributed by atoms with Crippen molar-refractivity contribution in [2.24, 2.45) is 0 Å². The number of piperazine rings is 1. The third-order valence-electron chi connectivity index (χ3n) is 4.78. The molecule has 0 aromatic heterocycles. The topological polar surface area (TPSA) is 43.0 Å². The molecule has 0 bridgehead atoms. The van der Waals surface area contributed by atoms with Gasteiger partial charge in [0, 0.05) is 16.5 Å². The first kappa shape index (κ1) is 15.5. The molecule has 2 saturated heterocycles. The molecule has 6 heteroatoms. The summed E-state index contributed by atoms with van der Waals surface area (Å²) in [5.41, 5.74) is 1.38. The highest BCUT2D eigenvalue weighted by atomic mass is 79.9. The Morgan fingerprint density at radius 3 is 2.33 bits per heavy atom. The fourth-order valence-corrected chi connectivity index (χ4v) is 5.61. The van der Waals surface area contributed by atoms with Gasteiger partial charge in [-0.1, -0.05) is 28.1 Å². The van der Waals surface area contributed by atoms with Gasteiger partial charge in [-0.15, -0.1) is 0 Å². The molecule has 2 fully saturated rings. The lowest BCUT2D eigenvalue weighted by Gasteiger charge is -2.32. The molecule has 0 amide bonds. The molecule has 1 aromatic rings. The number of nitrogens with one attached hydrogen (secondary N) is 2. The van der Waals surface area contributed by atoms with E-state index in [0.717, 1.165) is 43.6 Å². The third-order valence-corrected chi connectivity index (χ3v) is 7.07. The van der Waals surface area contributed by atoms with Crippen LogP contribution in [0.5, 0.6) is 0 Å². The number of halogens is 1. The number of hydrogen-bond acceptors (Lipinski definition) is 2. The van der Waals surface area contributed by atoms with Crippen LogP contribution in [-0.4, -0.2) is 52.1 Å². The Morgan fingerprint density at radius 2 is 1.76 bits per heavy atom. The molecular weight excluding hydrogens is 352 g/mol. The van der Waals surface area contributed by atoms with Crippen molar-refractivity contribution in [1.29, 1.82) is 0 Å². The SMILES string of the molecule is O=S1(=O)CC[C@H]([NH+]2CC[NH+](Cc3ccc(Br)cc3)CC2)C1. The number of rotatable bonds is 3. The van der Waals surface area contributed by atoms with Gasteiger partial charge in [-0.05, 0) is 12.1 Å². The van der Waals surface area contributed by atoms with Crippen molar-refractivity contribution in [2.45, 2.75) is 19.0 Å². The lowest BCUT2D eigenvalue weighted by molar-refractivity contribution is -1.03. The summed E-state index contributed by atoms with van der Waals surface area (Å²) in [5, 5.41) is 0. The van der Waals surface area contributed by atoms with Crippen molar-refractivity contribution in [3.8, 4) is 0 Å². The highest BCUT2D eigenvalue weighted by Crippen LogP contribution is 2.10. The number of sulfone groups is 1. The number of benzene rings is 1. The summed E-state index contributed by atoms with van der Waals surface area (Å²) in [6, 6.07) is 8.91. The highest BCUT2D eigenvalue weighted by molar-refractivity contribution is 9.10. The predicted molar refractivity (Wildman–Crippen MR) is 86.3 cm³/mol. The van der Waals surface area contributed by atoms with Gasteiger partial charge in [0.25, 0.3) is 0 Å². The standard InChI is InChI=1S/C15H21BrN2O2S/c16-14-3-1-13(2-4-14)11-17-6-8-18(9-7-17)15-5-10-21(19,20)12-15/h1-4,15H,5-12H2/p+2/t15-/m0/s1. The average molecular weight is 375 g/mol. The van der Waals surface area contributed by atoms with Gasteiger partial charge < -0.3 is 9.80 Å². The van der Waals surface area contributed by atoms with Gasteiger partial charge in [0.15, 0.2) is 9.84 Å². The summed E-state index contributed by atoms with van der Waals surface area (Å²) in [6.45, 7) is 5.56. The van der Waals surface area contributed by atoms with Crippen molar-refractivity contribution in [3.05, 3.63) is 34.3 Å². The van der Waals surface area contributed by atoms with Crippen LogP contribution in [0.3, 0.4) is 0 Å². The van der Waals surface area contributed by atoms with E-state index in [9.17, 15) is 8.42 Å². The predicted octanol–water partition coefficient (Wildman–Crippen LogP) is -1.08. The Bertz CT molecular complexity index is 580. The van der Waals surface area contributed by atoms with Gasteiger partial charge in [-0.3, -0.25) is 0 Å². The monoisotopic (exact) mass is 374 g/mol. The minimum absolute atomic E-state index is 0.351. The number of hydrogen-bond donors (Lipinski definition) is 2. The maximum atomic E-state index is 11.6. The average Bonchev–Trinajstić information content (AvgIpc) is 2.83. The summed E-state index contributed by atoms with van der Waals surface area (Å²) in [5.74, 6) is 0.807. The van der Waals surface area contributed by atoms with Gasteiger partial charge in [0.2, 0.25) is 0 Å². The van der Waals surface area contributed by atoms with Crippen molar-refractivity contribution in [2.75, 3.05) is 37.7 Å². The molecule has 0 saturated carbocycles. The van der Waals surface area contributed by atoms with Crippen LogP contribution < -0.4 is 9.80 Å². The maximum Gasteiger partial charge on any atom is 0.156 e. The molecule has 1 atom stereocenters. The Labute approximate surface area is 135 Å². The summed E-state index contributed by atoms with van der Waals surface area (Å²) in [4.78, 5) is 3.12. The highest BCUT2D eigenvalue weighted by Gasteiger charge is 2.37. The van der Waals surface area contributed by atoms with E-state index >= 15 is 0 Å². The van der Waals surface area contributed by atoms with E-state index in [1.165, 1.54) is 10.5 Å². The first-order valence-corrected chi connectivity index (χ1v) is 10.3. The molecule has 2 heterocycles. The zero-order valence-corrected chi connectivity index (χ0v) is 14.5. The van der Waals surface area contributed by atoms with Crippen LogP contribution in [0, 0.1) is 0 Å². The smallest absolute Gasteiger partial charge is 0.156 e. The second-order valence-electron chi connectivity index (χ2n) is 6.31. The molecule has 0 unspecified atom stereocenters. The fraction of sp³-hybridized carbons (Fsp3) is 0.600. The van der Waals surface area contributed by atoms with Crippen molar-refractivity contribution in [3.63, 3.8) is 0 Å². The molecule has 0 radical (unpaired) electrons. The van der Waals surface area contributed by atoms with Gasteiger partial charge in [-0.25, -0.2) is 8.42 Å². The Kier molecular flexibility index (Phi) is 4.69. The Morgan fingerprint density at radius 1 is 1.10 bits per heavy atom. The largest absolute Gasteiger partial charge is 0.322 e. The van der Waals surface area contributed by atoms with Gasteiger partial charge in [0.05, 0.1) is 5.75 Å². The van der Waals surface area contributed by atoms with E-state index in [-0.39, 0.29) is 0 Å². The molecule has 4 nitrogen and oxygen atoms in total. The molecule has 2 aliphatic heterocycles. The van der Waals surface area contributed by atoms with Crippen molar-refractivity contribution in [1.82, 2.24) is 0 Å². The molecule has 2 N–H and O–H groups in total. The first-order valence-electron chi connectivity index (χ1n) is 7.65. The Balaban J connectivity index is 1.50. The lowest BCUT2D eigenvalue weighted by Crippen LogP contribution is -3.29. The van der Waals surface area contributed by atoms with Crippen LogP contribution in [0.1, 0.15) is 12.0 Å². The van der Waals surface area contributed by atoms with Gasteiger partial charge in [-0.2, -0.15) is 0 Å². The minimum Gasteiger partial charge on any atom is -0.322 e. The maximum absolute atomic E-state index is 11.6. The Hall–Kier alpha value is -0.430. The molecule has 2 aliphatic rings. The summed E-state index contributed by atoms with van der Waals surface area (Å²) >= 11 is 3.47. The molecular formula is C15H23BrN2O2S+2. The molecule has 1 aromatic carbocycles. The molecule has 0 aliphatic carbocycles. The van der Waals surface area contributed by atoms with Gasteiger partial charge >= 0.3 is 0 Å². The van der Waals surface area contributed by atoms with E-state index < -0.39 is 9.84 Å². The fourth-order valence-electron chi connectivity index (χ4n) is 3.52. The van der Waals surface area contributed by atoms with E-state index in [1.54, 1.807) is 4.90 Å². The van der Waals surface area contributed by atoms with Crippen LogP contribution in [0.25, 0.3) is 0 Å². The number of quaternary nitrogens is 2. The van der Waals surface area contributed by atoms with Crippen molar-refractivity contribution >= 4 is 25.8 Å². The van der Waals surface area contributed by atoms with E-state index in [1.807, 2.05) is 0 Å². The summed E-state index contributed by atoms with van der Waals surface area (Å²) in [7, 11) is -2.74. The van der Waals surface area contributed by atoms with Crippen LogP contribution >= 0.6 is 15.9 Å². The van der Waals surface area contributed by atoms with E-state index in [2.05, 4.69) is 40.2 Å². The zero-order valence-electron chi connectivity index (χ0n) is 12.1. The molecule has 0 spiro atoms. The van der Waals surface area contributed by atoms with E-state index in [0.29, 0.717) is 17.5 Å². The molecule has 116 valence electrons. The molecule has 3 rings (SSSR count). The van der Waals surface area contributed by atoms with Crippen molar-refractivity contribution < 1.29 is 18.2 Å². The van der Waals surface area contributed by atoms with Crippen LogP contribution in [0.15, 0.2) is 28.7 Å². The van der Waals surface area contributed by atoms with Crippen LogP contribution in [-0.2, 0) is 16.4 Å². The van der Waals surface area contributed by atoms with Gasteiger partial charge in [0.1, 0.15) is 44.5 Å². The first-order chi connectivity index (χ1) is 10.0. The van der Waals surface area contributed by atoms with Crippen LogP contribution in [0.4, 0.5) is 0 Å². The third kappa shape index (κ3) is 4.06. The molecule has 21 heavy (non-hydrogen) atoms. The quantitative estimate of drug-likeness (QED) is 0.706. The second-order valence-corrected chi connectivity index (χ2v) is 9.46. The normalized spacial score (nSPS) is 32.1. The lowest BCUT2D eigenvalue weighted by atomic mass is 10.1.